The Bertz CT molecular complexity index is 569. The van der Waals surface area contributed by atoms with Gasteiger partial charge in [-0.2, -0.15) is 0 Å². The maximum atomic E-state index is 12.3. The third-order valence-electron chi connectivity index (χ3n) is 3.99. The summed E-state index contributed by atoms with van der Waals surface area (Å²) in [4.78, 5) is 25.9. The highest BCUT2D eigenvalue weighted by molar-refractivity contribution is 6.03. The number of ether oxygens (including phenoxy) is 2. The molecule has 2 heterocycles. The molecule has 6 nitrogen and oxygen atoms in total. The predicted molar refractivity (Wildman–Crippen MR) is 80.8 cm³/mol. The van der Waals surface area contributed by atoms with Crippen molar-refractivity contribution in [3.63, 3.8) is 0 Å². The summed E-state index contributed by atoms with van der Waals surface area (Å²) in [6.07, 6.45) is 0.391. The summed E-state index contributed by atoms with van der Waals surface area (Å²) >= 11 is 0. The van der Waals surface area contributed by atoms with Crippen LogP contribution in [0, 0.1) is 5.92 Å². The molecule has 6 heteroatoms. The van der Waals surface area contributed by atoms with Crippen molar-refractivity contribution in [2.75, 3.05) is 31.2 Å². The molecule has 1 fully saturated rings. The maximum Gasteiger partial charge on any atom is 0.268 e. The maximum absolute atomic E-state index is 12.3. The molecule has 3 rings (SSSR count). The second kappa shape index (κ2) is 6.36. The Morgan fingerprint density at radius 1 is 1.41 bits per heavy atom. The van der Waals surface area contributed by atoms with Gasteiger partial charge in [-0.3, -0.25) is 14.5 Å². The Kier molecular flexibility index (Phi) is 4.29. The summed E-state index contributed by atoms with van der Waals surface area (Å²) in [6.45, 7) is 3.74. The van der Waals surface area contributed by atoms with E-state index in [1.807, 2.05) is 12.1 Å². The van der Waals surface area contributed by atoms with E-state index in [2.05, 4.69) is 5.32 Å². The van der Waals surface area contributed by atoms with Crippen LogP contribution < -0.4 is 15.0 Å². The third kappa shape index (κ3) is 3.06. The van der Waals surface area contributed by atoms with E-state index in [9.17, 15) is 9.59 Å². The minimum atomic E-state index is -0.578. The fourth-order valence-electron chi connectivity index (χ4n) is 2.72. The number of hydrogen-bond donors (Lipinski definition) is 1. The largest absolute Gasteiger partial charge is 0.479 e. The van der Waals surface area contributed by atoms with Gasteiger partial charge in [-0.15, -0.1) is 0 Å². The normalized spacial score (nSPS) is 23.9. The fourth-order valence-corrected chi connectivity index (χ4v) is 2.72. The molecular formula is C16H20N2O4. The first kappa shape index (κ1) is 14.8. The van der Waals surface area contributed by atoms with Gasteiger partial charge >= 0.3 is 0 Å². The SMILES string of the molecule is C[C@H]1Oc2ccccc2N(CC(=O)NC[C@@H]2CCOC2)C1=O. The smallest absolute Gasteiger partial charge is 0.268 e. The van der Waals surface area contributed by atoms with E-state index in [0.717, 1.165) is 13.0 Å². The first-order valence-corrected chi connectivity index (χ1v) is 7.56. The number of rotatable bonds is 4. The van der Waals surface area contributed by atoms with Gasteiger partial charge in [0.1, 0.15) is 12.3 Å². The zero-order chi connectivity index (χ0) is 15.5. The molecule has 0 bridgehead atoms. The molecule has 1 N–H and O–H groups in total. The molecule has 0 spiro atoms. The highest BCUT2D eigenvalue weighted by Gasteiger charge is 2.32. The highest BCUT2D eigenvalue weighted by Crippen LogP contribution is 2.33. The van der Waals surface area contributed by atoms with Gasteiger partial charge in [-0.1, -0.05) is 12.1 Å². The van der Waals surface area contributed by atoms with Crippen LogP contribution in [0.25, 0.3) is 0 Å². The molecule has 118 valence electrons. The number of para-hydroxylation sites is 2. The quantitative estimate of drug-likeness (QED) is 0.899. The predicted octanol–water partition coefficient (Wildman–Crippen LogP) is 0.953. The van der Waals surface area contributed by atoms with Crippen LogP contribution in [-0.2, 0) is 14.3 Å². The lowest BCUT2D eigenvalue weighted by Crippen LogP contribution is -2.49. The first-order chi connectivity index (χ1) is 10.6. The summed E-state index contributed by atoms with van der Waals surface area (Å²) in [5.74, 6) is 0.643. The van der Waals surface area contributed by atoms with Gasteiger partial charge in [0, 0.05) is 19.1 Å². The minimum Gasteiger partial charge on any atom is -0.479 e. The summed E-state index contributed by atoms with van der Waals surface area (Å²) in [7, 11) is 0. The molecular weight excluding hydrogens is 284 g/mol. The topological polar surface area (TPSA) is 67.9 Å². The highest BCUT2D eigenvalue weighted by atomic mass is 16.5. The number of anilines is 1. The molecule has 1 aromatic carbocycles. The van der Waals surface area contributed by atoms with E-state index in [4.69, 9.17) is 9.47 Å². The molecule has 22 heavy (non-hydrogen) atoms. The molecule has 0 aliphatic carbocycles. The van der Waals surface area contributed by atoms with E-state index in [0.29, 0.717) is 30.5 Å². The zero-order valence-corrected chi connectivity index (χ0v) is 12.6. The van der Waals surface area contributed by atoms with Crippen LogP contribution >= 0.6 is 0 Å². The summed E-state index contributed by atoms with van der Waals surface area (Å²) in [5.41, 5.74) is 0.643. The van der Waals surface area contributed by atoms with Gasteiger partial charge < -0.3 is 14.8 Å². The lowest BCUT2D eigenvalue weighted by atomic mass is 10.1. The summed E-state index contributed by atoms with van der Waals surface area (Å²) < 4.78 is 10.8. The van der Waals surface area contributed by atoms with Gasteiger partial charge in [0.05, 0.1) is 12.3 Å². The van der Waals surface area contributed by atoms with Crippen LogP contribution in [0.5, 0.6) is 5.75 Å². The lowest BCUT2D eigenvalue weighted by Gasteiger charge is -2.32. The van der Waals surface area contributed by atoms with Crippen LogP contribution in [0.15, 0.2) is 24.3 Å². The lowest BCUT2D eigenvalue weighted by molar-refractivity contribution is -0.128. The Morgan fingerprint density at radius 3 is 3.00 bits per heavy atom. The van der Waals surface area contributed by atoms with Crippen LogP contribution in [0.1, 0.15) is 13.3 Å². The Balaban J connectivity index is 1.65. The molecule has 0 unspecified atom stereocenters. The number of nitrogens with zero attached hydrogens (tertiary/aromatic N) is 1. The first-order valence-electron chi connectivity index (χ1n) is 7.56. The van der Waals surface area contributed by atoms with Crippen LogP contribution in [-0.4, -0.2) is 44.2 Å². The molecule has 2 atom stereocenters. The molecule has 0 saturated carbocycles. The van der Waals surface area contributed by atoms with Crippen molar-refractivity contribution >= 4 is 17.5 Å². The number of hydrogen-bond acceptors (Lipinski definition) is 4. The van der Waals surface area contributed by atoms with Crippen molar-refractivity contribution in [2.24, 2.45) is 5.92 Å². The third-order valence-corrected chi connectivity index (χ3v) is 3.99. The van der Waals surface area contributed by atoms with Gasteiger partial charge in [-0.05, 0) is 25.5 Å². The Morgan fingerprint density at radius 2 is 2.23 bits per heavy atom. The number of nitrogens with one attached hydrogen (secondary N) is 1. The van der Waals surface area contributed by atoms with Gasteiger partial charge in [0.2, 0.25) is 5.91 Å². The van der Waals surface area contributed by atoms with Gasteiger partial charge in [0.25, 0.3) is 5.91 Å². The van der Waals surface area contributed by atoms with E-state index in [-0.39, 0.29) is 18.4 Å². The standard InChI is InChI=1S/C16H20N2O4/c1-11-16(20)18(13-4-2-3-5-14(13)22-11)9-15(19)17-8-12-6-7-21-10-12/h2-5,11-12H,6-10H2,1H3,(H,17,19)/t11-,12+/m1/s1. The molecule has 1 saturated heterocycles. The second-order valence-corrected chi connectivity index (χ2v) is 5.69. The summed E-state index contributed by atoms with van der Waals surface area (Å²) in [5, 5.41) is 2.88. The van der Waals surface area contributed by atoms with Crippen LogP contribution in [0.2, 0.25) is 0 Å². The van der Waals surface area contributed by atoms with E-state index in [1.165, 1.54) is 4.90 Å². The average Bonchev–Trinajstić information content (AvgIpc) is 3.03. The van der Waals surface area contributed by atoms with Crippen molar-refractivity contribution in [2.45, 2.75) is 19.4 Å². The zero-order valence-electron chi connectivity index (χ0n) is 12.6. The van der Waals surface area contributed by atoms with Gasteiger partial charge in [-0.25, -0.2) is 0 Å². The van der Waals surface area contributed by atoms with Crippen molar-refractivity contribution in [1.82, 2.24) is 5.32 Å². The number of fused-ring (bicyclic) bond motifs is 1. The summed E-state index contributed by atoms with van der Waals surface area (Å²) in [6, 6.07) is 7.27. The minimum absolute atomic E-state index is 0.0110. The molecule has 1 aromatic rings. The number of amides is 2. The molecule has 2 aliphatic heterocycles. The molecule has 0 radical (unpaired) electrons. The van der Waals surface area contributed by atoms with Gasteiger partial charge in [0.15, 0.2) is 6.10 Å². The number of benzene rings is 1. The number of carbonyl (C=O) groups is 2. The van der Waals surface area contributed by atoms with Crippen molar-refractivity contribution < 1.29 is 19.1 Å². The van der Waals surface area contributed by atoms with Crippen LogP contribution in [0.3, 0.4) is 0 Å². The molecule has 0 aromatic heterocycles. The monoisotopic (exact) mass is 304 g/mol. The second-order valence-electron chi connectivity index (χ2n) is 5.69. The van der Waals surface area contributed by atoms with Crippen molar-refractivity contribution in [3.05, 3.63) is 24.3 Å². The van der Waals surface area contributed by atoms with Crippen molar-refractivity contribution in [3.8, 4) is 5.75 Å². The molecule has 2 amide bonds. The average molecular weight is 304 g/mol. The van der Waals surface area contributed by atoms with Crippen molar-refractivity contribution in [1.29, 1.82) is 0 Å². The van der Waals surface area contributed by atoms with E-state index < -0.39 is 6.10 Å². The fraction of sp³-hybridized carbons (Fsp3) is 0.500. The molecule has 2 aliphatic rings. The van der Waals surface area contributed by atoms with Crippen LogP contribution in [0.4, 0.5) is 5.69 Å². The van der Waals surface area contributed by atoms with E-state index in [1.54, 1.807) is 19.1 Å². The Labute approximate surface area is 129 Å². The van der Waals surface area contributed by atoms with E-state index >= 15 is 0 Å². The Hall–Kier alpha value is -2.08. The number of carbonyl (C=O) groups excluding carboxylic acids is 2.